The summed E-state index contributed by atoms with van der Waals surface area (Å²) in [6, 6.07) is 0. The zero-order valence-corrected chi connectivity index (χ0v) is 8.30. The molecule has 0 fully saturated rings. The summed E-state index contributed by atoms with van der Waals surface area (Å²) in [5.74, 6) is -0.951. The van der Waals surface area contributed by atoms with Gasteiger partial charge in [-0.05, 0) is 13.8 Å². The van der Waals surface area contributed by atoms with Crippen molar-refractivity contribution in [2.75, 3.05) is 0 Å². The number of aromatic nitrogens is 1. The van der Waals surface area contributed by atoms with Crippen molar-refractivity contribution in [2.24, 2.45) is 0 Å². The van der Waals surface area contributed by atoms with Crippen LogP contribution in [0.15, 0.2) is 5.38 Å². The van der Waals surface area contributed by atoms with Crippen molar-refractivity contribution in [3.05, 3.63) is 16.1 Å². The van der Waals surface area contributed by atoms with E-state index in [1.807, 2.05) is 12.3 Å². The third kappa shape index (κ3) is 3.12. The van der Waals surface area contributed by atoms with Gasteiger partial charge in [-0.25, -0.2) is 9.78 Å². The monoisotopic (exact) mass is 201 g/mol. The van der Waals surface area contributed by atoms with Crippen LogP contribution >= 0.6 is 11.3 Å². The van der Waals surface area contributed by atoms with Crippen molar-refractivity contribution in [2.45, 2.75) is 26.6 Å². The molecule has 0 aliphatic rings. The number of ether oxygens (including phenoxy) is 1. The van der Waals surface area contributed by atoms with Gasteiger partial charge in [-0.1, -0.05) is 0 Å². The van der Waals surface area contributed by atoms with Gasteiger partial charge >= 0.3 is 5.97 Å². The maximum atomic E-state index is 10.4. The van der Waals surface area contributed by atoms with Gasteiger partial charge in [-0.3, -0.25) is 0 Å². The average molecular weight is 201 g/mol. The lowest BCUT2D eigenvalue weighted by atomic mass is 10.4. The fourth-order valence-corrected chi connectivity index (χ4v) is 1.43. The van der Waals surface area contributed by atoms with Crippen molar-refractivity contribution in [1.29, 1.82) is 0 Å². The first-order valence-electron chi connectivity index (χ1n) is 3.85. The number of thiazole rings is 1. The average Bonchev–Trinajstić information content (AvgIpc) is 2.47. The maximum absolute atomic E-state index is 10.4. The molecule has 0 bridgehead atoms. The largest absolute Gasteiger partial charge is 0.479 e. The number of aliphatic carboxylic acids is 1. The predicted octanol–water partition coefficient (Wildman–Crippen LogP) is 1.44. The highest BCUT2D eigenvalue weighted by Crippen LogP contribution is 2.10. The minimum atomic E-state index is -0.951. The van der Waals surface area contributed by atoms with Crippen molar-refractivity contribution in [3.8, 4) is 0 Å². The molecule has 1 heterocycles. The Balaban J connectivity index is 2.39. The van der Waals surface area contributed by atoms with Gasteiger partial charge in [0.1, 0.15) is 5.01 Å². The lowest BCUT2D eigenvalue weighted by Gasteiger charge is -2.05. The molecule has 0 aromatic carbocycles. The van der Waals surface area contributed by atoms with Gasteiger partial charge < -0.3 is 9.84 Å². The van der Waals surface area contributed by atoms with E-state index in [4.69, 9.17) is 9.84 Å². The molecule has 0 saturated carbocycles. The number of hydrogen-bond donors (Lipinski definition) is 1. The van der Waals surface area contributed by atoms with Crippen LogP contribution in [-0.2, 0) is 16.1 Å². The summed E-state index contributed by atoms with van der Waals surface area (Å²) in [5.41, 5.74) is 0.937. The molecule has 5 heteroatoms. The molecule has 0 spiro atoms. The SMILES string of the molecule is Cc1csc(COC(C)C(=O)O)n1. The highest BCUT2D eigenvalue weighted by Gasteiger charge is 2.11. The summed E-state index contributed by atoms with van der Waals surface area (Å²) >= 11 is 1.47. The standard InChI is InChI=1S/C8H11NO3S/c1-5-4-13-7(9-5)3-12-6(2)8(10)11/h4,6H,3H2,1-2H3,(H,10,11). The number of carboxylic acids is 1. The van der Waals surface area contributed by atoms with Crippen LogP contribution in [0.4, 0.5) is 0 Å². The van der Waals surface area contributed by atoms with Crippen molar-refractivity contribution in [1.82, 2.24) is 4.98 Å². The zero-order valence-electron chi connectivity index (χ0n) is 7.48. The third-order valence-electron chi connectivity index (χ3n) is 1.47. The number of carbonyl (C=O) groups is 1. The Hall–Kier alpha value is -0.940. The second kappa shape index (κ2) is 4.34. The maximum Gasteiger partial charge on any atom is 0.332 e. The summed E-state index contributed by atoms with van der Waals surface area (Å²) in [6.07, 6.45) is -0.774. The van der Waals surface area contributed by atoms with E-state index in [-0.39, 0.29) is 6.61 Å². The minimum Gasteiger partial charge on any atom is -0.479 e. The zero-order chi connectivity index (χ0) is 9.84. The Morgan fingerprint density at radius 3 is 3.00 bits per heavy atom. The molecule has 0 aliphatic carbocycles. The van der Waals surface area contributed by atoms with Gasteiger partial charge in [0.15, 0.2) is 6.10 Å². The molecule has 1 atom stereocenters. The molecule has 1 rings (SSSR count). The fraction of sp³-hybridized carbons (Fsp3) is 0.500. The van der Waals surface area contributed by atoms with Crippen molar-refractivity contribution in [3.63, 3.8) is 0 Å². The molecule has 1 N–H and O–H groups in total. The molecule has 0 radical (unpaired) electrons. The second-order valence-corrected chi connectivity index (χ2v) is 3.62. The first-order chi connectivity index (χ1) is 6.09. The highest BCUT2D eigenvalue weighted by molar-refractivity contribution is 7.09. The van der Waals surface area contributed by atoms with Gasteiger partial charge in [-0.2, -0.15) is 0 Å². The van der Waals surface area contributed by atoms with Gasteiger partial charge in [0.25, 0.3) is 0 Å². The smallest absolute Gasteiger partial charge is 0.332 e. The molecule has 13 heavy (non-hydrogen) atoms. The normalized spacial score (nSPS) is 12.8. The van der Waals surface area contributed by atoms with E-state index < -0.39 is 12.1 Å². The molecule has 0 saturated heterocycles. The Bertz CT molecular complexity index is 297. The molecule has 0 aliphatic heterocycles. The van der Waals surface area contributed by atoms with Crippen LogP contribution in [0.5, 0.6) is 0 Å². The molecule has 1 aromatic heterocycles. The Morgan fingerprint density at radius 2 is 2.54 bits per heavy atom. The lowest BCUT2D eigenvalue weighted by Crippen LogP contribution is -2.19. The van der Waals surface area contributed by atoms with E-state index in [9.17, 15) is 4.79 Å². The van der Waals surface area contributed by atoms with Crippen LogP contribution in [0, 0.1) is 6.92 Å². The molecule has 4 nitrogen and oxygen atoms in total. The number of carboxylic acid groups (broad SMARTS) is 1. The molecule has 0 amide bonds. The van der Waals surface area contributed by atoms with E-state index in [1.165, 1.54) is 18.3 Å². The van der Waals surface area contributed by atoms with Crippen LogP contribution < -0.4 is 0 Å². The van der Waals surface area contributed by atoms with Crippen molar-refractivity contribution < 1.29 is 14.6 Å². The van der Waals surface area contributed by atoms with Crippen LogP contribution in [0.3, 0.4) is 0 Å². The van der Waals surface area contributed by atoms with E-state index in [1.54, 1.807) is 0 Å². The molecular weight excluding hydrogens is 190 g/mol. The summed E-state index contributed by atoms with van der Waals surface area (Å²) in [7, 11) is 0. The highest BCUT2D eigenvalue weighted by atomic mass is 32.1. The van der Waals surface area contributed by atoms with Crippen LogP contribution in [0.2, 0.25) is 0 Å². The van der Waals surface area contributed by atoms with E-state index in [0.717, 1.165) is 10.7 Å². The second-order valence-electron chi connectivity index (χ2n) is 2.67. The van der Waals surface area contributed by atoms with Crippen LogP contribution in [0.25, 0.3) is 0 Å². The molecule has 1 unspecified atom stereocenters. The number of aryl methyl sites for hydroxylation is 1. The predicted molar refractivity (Wildman–Crippen MR) is 48.7 cm³/mol. The van der Waals surface area contributed by atoms with E-state index in [0.29, 0.717) is 0 Å². The Kier molecular flexibility index (Phi) is 3.39. The summed E-state index contributed by atoms with van der Waals surface area (Å²) < 4.78 is 5.05. The Morgan fingerprint density at radius 1 is 1.85 bits per heavy atom. The summed E-state index contributed by atoms with van der Waals surface area (Å²) in [5, 5.41) is 11.2. The van der Waals surface area contributed by atoms with Gasteiger partial charge in [0.05, 0.1) is 6.61 Å². The van der Waals surface area contributed by atoms with E-state index >= 15 is 0 Å². The number of nitrogens with zero attached hydrogens (tertiary/aromatic N) is 1. The minimum absolute atomic E-state index is 0.270. The summed E-state index contributed by atoms with van der Waals surface area (Å²) in [6.45, 7) is 3.66. The van der Waals surface area contributed by atoms with E-state index in [2.05, 4.69) is 4.98 Å². The number of rotatable bonds is 4. The molecule has 72 valence electrons. The van der Waals surface area contributed by atoms with Gasteiger partial charge in [0.2, 0.25) is 0 Å². The van der Waals surface area contributed by atoms with Crippen LogP contribution in [-0.4, -0.2) is 22.2 Å². The Labute approximate surface area is 80.2 Å². The van der Waals surface area contributed by atoms with Gasteiger partial charge in [-0.15, -0.1) is 11.3 Å². The van der Waals surface area contributed by atoms with Crippen LogP contribution in [0.1, 0.15) is 17.6 Å². The van der Waals surface area contributed by atoms with Gasteiger partial charge in [0, 0.05) is 11.1 Å². The molecule has 1 aromatic rings. The lowest BCUT2D eigenvalue weighted by molar-refractivity contribution is -0.149. The third-order valence-corrected chi connectivity index (χ3v) is 2.41. The fourth-order valence-electron chi connectivity index (χ4n) is 0.737. The first kappa shape index (κ1) is 10.1. The molecular formula is C8H11NO3S. The number of hydrogen-bond acceptors (Lipinski definition) is 4. The first-order valence-corrected chi connectivity index (χ1v) is 4.73. The topological polar surface area (TPSA) is 59.4 Å². The van der Waals surface area contributed by atoms with Crippen molar-refractivity contribution >= 4 is 17.3 Å². The summed E-state index contributed by atoms with van der Waals surface area (Å²) in [4.78, 5) is 14.5. The quantitative estimate of drug-likeness (QED) is 0.800.